The fourth-order valence-corrected chi connectivity index (χ4v) is 1.07. The number of aromatic nitrogens is 1. The second kappa shape index (κ2) is 6.44. The average molecular weight is 259 g/mol. The molecule has 0 aliphatic carbocycles. The summed E-state index contributed by atoms with van der Waals surface area (Å²) in [5, 5.41) is 1.92. The monoisotopic (exact) mass is 258 g/mol. The Morgan fingerprint density at radius 3 is 2.12 bits per heavy atom. The van der Waals surface area contributed by atoms with E-state index in [9.17, 15) is 14.4 Å². The first-order chi connectivity index (χ1) is 7.49. The van der Waals surface area contributed by atoms with Gasteiger partial charge in [-0.1, -0.05) is 0 Å². The summed E-state index contributed by atoms with van der Waals surface area (Å²) in [5.41, 5.74) is 10.2. The fraction of sp³-hybridized carbons (Fsp3) is 0.111. The quantitative estimate of drug-likeness (QED) is 0.473. The number of carbonyl (C=O) groups excluding carboxylic acids is 3. The van der Waals surface area contributed by atoms with E-state index in [0.717, 1.165) is 0 Å². The van der Waals surface area contributed by atoms with Gasteiger partial charge in [0.25, 0.3) is 5.91 Å². The smallest absolute Gasteiger partial charge is 0.319 e. The molecular weight excluding hydrogens is 248 g/mol. The number of hydrogen-bond donors (Lipinski definition) is 3. The Bertz CT molecular complexity index is 432. The summed E-state index contributed by atoms with van der Waals surface area (Å²) >= 11 is 0. The second-order valence-electron chi connectivity index (χ2n) is 3.04. The van der Waals surface area contributed by atoms with Gasteiger partial charge in [-0.25, -0.2) is 4.79 Å². The maximum atomic E-state index is 11.1. The molecule has 4 amide bonds. The first-order valence-electron chi connectivity index (χ1n) is 4.37. The van der Waals surface area contributed by atoms with E-state index in [-0.39, 0.29) is 19.0 Å². The molecule has 0 atom stereocenters. The van der Waals surface area contributed by atoms with Gasteiger partial charge in [-0.2, -0.15) is 4.57 Å². The van der Waals surface area contributed by atoms with E-state index in [1.54, 1.807) is 0 Å². The van der Waals surface area contributed by atoms with E-state index in [1.807, 2.05) is 5.32 Å². The van der Waals surface area contributed by atoms with Gasteiger partial charge in [-0.15, -0.1) is 0 Å². The maximum absolute atomic E-state index is 11.1. The fourth-order valence-electron chi connectivity index (χ4n) is 1.07. The Morgan fingerprint density at radius 1 is 1.18 bits per heavy atom. The van der Waals surface area contributed by atoms with Crippen molar-refractivity contribution < 1.29 is 31.4 Å². The number of imide groups is 1. The predicted molar refractivity (Wildman–Crippen MR) is 52.9 cm³/mol. The van der Waals surface area contributed by atoms with E-state index in [4.69, 9.17) is 11.5 Å². The summed E-state index contributed by atoms with van der Waals surface area (Å²) in [7, 11) is 0. The van der Waals surface area contributed by atoms with Crippen LogP contribution in [0.3, 0.4) is 0 Å². The highest BCUT2D eigenvalue weighted by atomic mass is 35.5. The normalized spacial score (nSPS) is 8.94. The summed E-state index contributed by atoms with van der Waals surface area (Å²) in [6.07, 6.45) is 3.00. The summed E-state index contributed by atoms with van der Waals surface area (Å²) < 4.78 is 1.48. The Labute approximate surface area is 103 Å². The zero-order chi connectivity index (χ0) is 12.1. The van der Waals surface area contributed by atoms with Crippen molar-refractivity contribution in [1.29, 1.82) is 0 Å². The predicted octanol–water partition coefficient (Wildman–Crippen LogP) is -4.73. The van der Waals surface area contributed by atoms with E-state index in [0.29, 0.717) is 5.56 Å². The highest BCUT2D eigenvalue weighted by Crippen LogP contribution is 1.92. The summed E-state index contributed by atoms with van der Waals surface area (Å²) in [6, 6.07) is 2.04. The molecule has 8 heteroatoms. The third-order valence-electron chi connectivity index (χ3n) is 1.76. The lowest BCUT2D eigenvalue weighted by atomic mass is 10.2. The average Bonchev–Trinajstić information content (AvgIpc) is 2.16. The van der Waals surface area contributed by atoms with Crippen molar-refractivity contribution in [2.45, 2.75) is 6.54 Å². The Kier molecular flexibility index (Phi) is 5.62. The van der Waals surface area contributed by atoms with Crippen LogP contribution in [0.1, 0.15) is 10.4 Å². The van der Waals surface area contributed by atoms with Gasteiger partial charge < -0.3 is 23.9 Å². The molecule has 0 saturated heterocycles. The van der Waals surface area contributed by atoms with Crippen LogP contribution in [0, 0.1) is 0 Å². The topological polar surface area (TPSA) is 119 Å². The lowest BCUT2D eigenvalue weighted by Crippen LogP contribution is -3.00. The van der Waals surface area contributed by atoms with Crippen molar-refractivity contribution in [2.24, 2.45) is 11.5 Å². The number of rotatable bonds is 3. The van der Waals surface area contributed by atoms with Gasteiger partial charge in [-0.3, -0.25) is 14.9 Å². The van der Waals surface area contributed by atoms with Crippen molar-refractivity contribution >= 4 is 17.8 Å². The van der Waals surface area contributed by atoms with E-state index < -0.39 is 17.8 Å². The molecule has 0 unspecified atom stereocenters. The molecule has 0 aliphatic rings. The molecule has 0 spiro atoms. The van der Waals surface area contributed by atoms with Crippen LogP contribution in [0.15, 0.2) is 24.5 Å². The Balaban J connectivity index is 0.00000256. The number of urea groups is 1. The molecule has 92 valence electrons. The molecule has 7 nitrogen and oxygen atoms in total. The van der Waals surface area contributed by atoms with Crippen molar-refractivity contribution in [3.05, 3.63) is 30.1 Å². The largest absolute Gasteiger partial charge is 1.00 e. The zero-order valence-corrected chi connectivity index (χ0v) is 9.48. The highest BCUT2D eigenvalue weighted by molar-refractivity contribution is 5.93. The molecule has 1 aromatic heterocycles. The summed E-state index contributed by atoms with van der Waals surface area (Å²) in [5.74, 6) is -1.09. The first kappa shape index (κ1) is 14.8. The molecule has 0 fully saturated rings. The Morgan fingerprint density at radius 2 is 1.71 bits per heavy atom. The molecule has 17 heavy (non-hydrogen) atoms. The number of nitrogens with one attached hydrogen (secondary N) is 1. The molecule has 1 rings (SSSR count). The van der Waals surface area contributed by atoms with Gasteiger partial charge in [0.2, 0.25) is 12.5 Å². The molecule has 0 bridgehead atoms. The van der Waals surface area contributed by atoms with Gasteiger partial charge in [0, 0.05) is 12.1 Å². The molecule has 0 radical (unpaired) electrons. The molecule has 0 aromatic carbocycles. The number of amides is 4. The van der Waals surface area contributed by atoms with Crippen molar-refractivity contribution in [1.82, 2.24) is 5.32 Å². The van der Waals surface area contributed by atoms with Gasteiger partial charge in [0.1, 0.15) is 0 Å². The van der Waals surface area contributed by atoms with Gasteiger partial charge >= 0.3 is 6.03 Å². The molecule has 0 saturated carbocycles. The van der Waals surface area contributed by atoms with Crippen molar-refractivity contribution in [3.63, 3.8) is 0 Å². The number of hydrogen-bond acceptors (Lipinski definition) is 3. The van der Waals surface area contributed by atoms with Crippen LogP contribution >= 0.6 is 0 Å². The van der Waals surface area contributed by atoms with Gasteiger partial charge in [0.05, 0.1) is 5.56 Å². The third-order valence-corrected chi connectivity index (χ3v) is 1.76. The minimum atomic E-state index is -0.903. The van der Waals surface area contributed by atoms with Crippen LogP contribution in [-0.4, -0.2) is 17.8 Å². The van der Waals surface area contributed by atoms with Crippen LogP contribution in [0.25, 0.3) is 0 Å². The molecular formula is C9H11ClN4O3. The first-order valence-corrected chi connectivity index (χ1v) is 4.37. The number of nitrogens with zero attached hydrogens (tertiary/aromatic N) is 1. The lowest BCUT2D eigenvalue weighted by Gasteiger charge is -1.98. The molecule has 5 N–H and O–H groups in total. The van der Waals surface area contributed by atoms with E-state index in [1.165, 1.54) is 29.1 Å². The number of primary amides is 2. The molecule has 1 heterocycles. The van der Waals surface area contributed by atoms with Crippen LogP contribution in [0.4, 0.5) is 4.79 Å². The van der Waals surface area contributed by atoms with Crippen LogP contribution < -0.4 is 33.8 Å². The zero-order valence-electron chi connectivity index (χ0n) is 8.72. The Hall–Kier alpha value is -2.15. The minimum absolute atomic E-state index is 0. The van der Waals surface area contributed by atoms with Crippen LogP contribution in [-0.2, 0) is 11.3 Å². The lowest BCUT2D eigenvalue weighted by molar-refractivity contribution is -0.684. The minimum Gasteiger partial charge on any atom is -1.00 e. The van der Waals surface area contributed by atoms with Crippen LogP contribution in [0.2, 0.25) is 0 Å². The maximum Gasteiger partial charge on any atom is 0.319 e. The van der Waals surface area contributed by atoms with Gasteiger partial charge in [-0.05, 0) is 0 Å². The summed E-state index contributed by atoms with van der Waals surface area (Å²) in [6.45, 7) is -0.0675. The second-order valence-corrected chi connectivity index (χ2v) is 3.04. The molecule has 0 aliphatic heterocycles. The van der Waals surface area contributed by atoms with Crippen molar-refractivity contribution in [2.75, 3.05) is 0 Å². The summed E-state index contributed by atoms with van der Waals surface area (Å²) in [4.78, 5) is 32.2. The number of halogens is 1. The number of carbonyl (C=O) groups is 3. The molecule has 1 aromatic rings. The number of nitrogens with two attached hydrogens (primary N) is 2. The van der Waals surface area contributed by atoms with E-state index in [2.05, 4.69) is 0 Å². The van der Waals surface area contributed by atoms with E-state index >= 15 is 0 Å². The van der Waals surface area contributed by atoms with Crippen LogP contribution in [0.5, 0.6) is 0 Å². The third kappa shape index (κ3) is 4.94. The number of pyridine rings is 1. The van der Waals surface area contributed by atoms with Crippen molar-refractivity contribution in [3.8, 4) is 0 Å². The SMILES string of the molecule is NC(=O)NC(=O)C[n+]1ccc(C(N)=O)cc1.[Cl-]. The van der Waals surface area contributed by atoms with Gasteiger partial charge in [0.15, 0.2) is 12.4 Å². The standard InChI is InChI=1S/C9H10N4O3.ClH/c10-8(15)6-1-3-13(4-2-6)5-7(14)12-9(11)16;/h1-4H,5H2,(H4-,10,11,12,14,15,16);1H. The highest BCUT2D eigenvalue weighted by Gasteiger charge is 2.11.